The first-order chi connectivity index (χ1) is 29.0. The van der Waals surface area contributed by atoms with E-state index in [9.17, 15) is 9.59 Å². The lowest BCUT2D eigenvalue weighted by molar-refractivity contribution is 0.0510. The van der Waals surface area contributed by atoms with Gasteiger partial charge in [-0.15, -0.1) is 0 Å². The van der Waals surface area contributed by atoms with E-state index in [-0.39, 0.29) is 11.9 Å². The number of anilines is 2. The molecule has 0 atom stereocenters. The molecule has 14 nitrogen and oxygen atoms in total. The molecule has 4 aromatic rings. The lowest BCUT2D eigenvalue weighted by atomic mass is 9.96. The molecule has 0 spiro atoms. The number of rotatable bonds is 13. The van der Waals surface area contributed by atoms with Crippen LogP contribution in [0.5, 0.6) is 0 Å². The molecule has 0 unspecified atom stereocenters. The maximum Gasteiger partial charge on any atom is 0.357 e. The van der Waals surface area contributed by atoms with Gasteiger partial charge in [0.2, 0.25) is 0 Å². The second-order valence-electron chi connectivity index (χ2n) is 14.8. The molecule has 2 aliphatic rings. The average Bonchev–Trinajstić information content (AvgIpc) is 3.89. The molecule has 6 heterocycles. The van der Waals surface area contributed by atoms with Gasteiger partial charge >= 0.3 is 11.9 Å². The van der Waals surface area contributed by atoms with Crippen LogP contribution in [0.2, 0.25) is 0 Å². The molecule has 15 heteroatoms. The van der Waals surface area contributed by atoms with Crippen LogP contribution in [-0.2, 0) is 25.5 Å². The number of aryl methyl sites for hydroxylation is 1. The molecule has 60 heavy (non-hydrogen) atoms. The minimum atomic E-state index is -0.404. The number of halogens is 1. The molecule has 6 rings (SSSR count). The predicted molar refractivity (Wildman–Crippen MR) is 248 cm³/mol. The van der Waals surface area contributed by atoms with Crippen molar-refractivity contribution in [2.45, 2.75) is 120 Å². The summed E-state index contributed by atoms with van der Waals surface area (Å²) in [7, 11) is 3.52. The Kier molecular flexibility index (Phi) is 23.7. The van der Waals surface area contributed by atoms with Crippen LogP contribution < -0.4 is 9.80 Å². The number of piperidine rings is 2. The van der Waals surface area contributed by atoms with E-state index in [0.717, 1.165) is 104 Å². The van der Waals surface area contributed by atoms with Gasteiger partial charge in [-0.05, 0) is 88.1 Å². The Balaban J connectivity index is 0.000000369. The number of aromatic nitrogens is 6. The monoisotopic (exact) mass is 902 g/mol. The molecule has 4 aromatic heterocycles. The van der Waals surface area contributed by atoms with Crippen LogP contribution in [0.3, 0.4) is 0 Å². The number of methoxy groups -OCH3 is 2. The van der Waals surface area contributed by atoms with Crippen molar-refractivity contribution in [2.24, 2.45) is 11.8 Å². The van der Waals surface area contributed by atoms with Gasteiger partial charge in [0.1, 0.15) is 0 Å². The van der Waals surface area contributed by atoms with Gasteiger partial charge in [0.05, 0.1) is 41.1 Å². The largest absolute Gasteiger partial charge is 0.461 e. The molecular formula is C45H75BrN8O6. The lowest BCUT2D eigenvalue weighted by Gasteiger charge is -2.34. The summed E-state index contributed by atoms with van der Waals surface area (Å²) in [6.45, 7) is 28.9. The van der Waals surface area contributed by atoms with Crippen LogP contribution in [0.4, 0.5) is 11.4 Å². The molecule has 2 fully saturated rings. The molecule has 0 amide bonds. The topological polar surface area (TPSA) is 150 Å². The van der Waals surface area contributed by atoms with E-state index in [1.54, 1.807) is 21.1 Å². The SMILES string of the molecule is CBr.CC.CC.CCOC(=O)c1cc(N2CCC(COC)CC2)c2c(C(C)C)[nH]nc2n1.CCOC(=O)c1cc(N2CCC(COC)CC2)c2c(C(C)C)nn(CC)c2n1. The van der Waals surface area contributed by atoms with Crippen LogP contribution in [0.15, 0.2) is 12.1 Å². The third kappa shape index (κ3) is 13.3. The molecule has 0 aromatic carbocycles. The quantitative estimate of drug-likeness (QED) is 0.101. The highest BCUT2D eigenvalue weighted by Gasteiger charge is 2.28. The number of alkyl halides is 1. The van der Waals surface area contributed by atoms with Crippen molar-refractivity contribution < 1.29 is 28.5 Å². The van der Waals surface area contributed by atoms with Gasteiger partial charge in [-0.25, -0.2) is 24.2 Å². The maximum atomic E-state index is 12.5. The van der Waals surface area contributed by atoms with Crippen molar-refractivity contribution in [2.75, 3.05) is 82.5 Å². The fourth-order valence-electron chi connectivity index (χ4n) is 7.52. The average molecular weight is 904 g/mol. The number of carbonyl (C=O) groups excluding carboxylic acids is 2. The highest BCUT2D eigenvalue weighted by Crippen LogP contribution is 2.37. The Morgan fingerprint density at radius 3 is 1.58 bits per heavy atom. The van der Waals surface area contributed by atoms with Gasteiger partial charge in [-0.3, -0.25) is 5.10 Å². The van der Waals surface area contributed by atoms with Gasteiger partial charge in [0, 0.05) is 65.9 Å². The minimum absolute atomic E-state index is 0.273. The highest BCUT2D eigenvalue weighted by molar-refractivity contribution is 9.08. The van der Waals surface area contributed by atoms with Gasteiger partial charge in [0.15, 0.2) is 22.7 Å². The summed E-state index contributed by atoms with van der Waals surface area (Å²) in [5, 5.41) is 14.3. The Labute approximate surface area is 368 Å². The molecule has 2 saturated heterocycles. The maximum absolute atomic E-state index is 12.5. The molecule has 0 saturated carbocycles. The summed E-state index contributed by atoms with van der Waals surface area (Å²) < 4.78 is 22.9. The molecule has 338 valence electrons. The molecule has 1 N–H and O–H groups in total. The number of carbonyl (C=O) groups is 2. The summed E-state index contributed by atoms with van der Waals surface area (Å²) in [6, 6.07) is 3.75. The number of pyridine rings is 2. The first kappa shape index (κ1) is 52.3. The zero-order valence-corrected chi connectivity index (χ0v) is 40.7. The summed E-state index contributed by atoms with van der Waals surface area (Å²) in [4.78, 5) is 38.5. The summed E-state index contributed by atoms with van der Waals surface area (Å²) in [6.07, 6.45) is 4.29. The van der Waals surface area contributed by atoms with Crippen LogP contribution >= 0.6 is 15.9 Å². The third-order valence-corrected chi connectivity index (χ3v) is 10.3. The van der Waals surface area contributed by atoms with Gasteiger partial charge in [-0.2, -0.15) is 10.2 Å². The number of esters is 2. The first-order valence-electron chi connectivity index (χ1n) is 22.0. The normalized spacial score (nSPS) is 14.4. The summed E-state index contributed by atoms with van der Waals surface area (Å²) in [5.74, 6) is 2.77. The standard InChI is InChI=1S/C21H32N4O3.C19H28N4O3.2C2H6.CH3Br/c1-6-25-20-18(19(23-25)14(3)4)17(12-16(22-20)21(26)28-7-2)24-10-8-15(9-11-24)13-27-5;1-5-26-19(24)14-10-15(23-8-6-13(7-9-23)11-25-4)16-17(12(2)3)21-22-18(16)20-14;3*1-2/h12,14-15H,6-11,13H2,1-5H3;10,12-13H,5-9,11H2,1-4H3,(H,20,21,22);2*1-2H3;1H3. The number of nitrogens with one attached hydrogen (secondary N) is 1. The molecule has 0 aliphatic carbocycles. The zero-order valence-electron chi connectivity index (χ0n) is 39.1. The fourth-order valence-corrected chi connectivity index (χ4v) is 7.52. The molecule has 2 aliphatic heterocycles. The predicted octanol–water partition coefficient (Wildman–Crippen LogP) is 9.80. The van der Waals surface area contributed by atoms with E-state index in [1.165, 1.54) is 0 Å². The van der Waals surface area contributed by atoms with E-state index < -0.39 is 5.97 Å². The Morgan fingerprint density at radius 1 is 0.733 bits per heavy atom. The van der Waals surface area contributed by atoms with Crippen molar-refractivity contribution in [3.05, 3.63) is 34.9 Å². The Bertz CT molecular complexity index is 1860. The number of nitrogens with zero attached hydrogens (tertiary/aromatic N) is 7. The number of hydrogen-bond donors (Lipinski definition) is 1. The van der Waals surface area contributed by atoms with E-state index in [4.69, 9.17) is 24.0 Å². The molecule has 0 radical (unpaired) electrons. The third-order valence-electron chi connectivity index (χ3n) is 10.3. The van der Waals surface area contributed by atoms with Crippen LogP contribution in [-0.4, -0.2) is 115 Å². The van der Waals surface area contributed by atoms with Crippen LogP contribution in [0.25, 0.3) is 22.1 Å². The first-order valence-corrected chi connectivity index (χ1v) is 23.6. The van der Waals surface area contributed by atoms with Crippen molar-refractivity contribution >= 4 is 61.3 Å². The number of aromatic amines is 1. The number of fused-ring (bicyclic) bond motifs is 2. The Morgan fingerprint density at radius 2 is 1.18 bits per heavy atom. The van der Waals surface area contributed by atoms with Gasteiger partial charge in [0.25, 0.3) is 0 Å². The smallest absolute Gasteiger partial charge is 0.357 e. The van der Waals surface area contributed by atoms with E-state index in [1.807, 2.05) is 64.2 Å². The van der Waals surface area contributed by atoms with Gasteiger partial charge in [-0.1, -0.05) is 71.3 Å². The lowest BCUT2D eigenvalue weighted by Crippen LogP contribution is -2.35. The number of hydrogen-bond acceptors (Lipinski definition) is 12. The summed E-state index contributed by atoms with van der Waals surface area (Å²) >= 11 is 2.94. The van der Waals surface area contributed by atoms with Crippen LogP contribution in [0.1, 0.15) is 146 Å². The molecular weight excluding hydrogens is 828 g/mol. The number of H-pyrrole nitrogens is 1. The highest BCUT2D eigenvalue weighted by atomic mass is 79.9. The van der Waals surface area contributed by atoms with E-state index in [0.29, 0.717) is 54.5 Å². The summed E-state index contributed by atoms with van der Waals surface area (Å²) in [5.41, 5.74) is 6.17. The second-order valence-corrected chi connectivity index (χ2v) is 14.8. The van der Waals surface area contributed by atoms with Crippen molar-refractivity contribution in [1.82, 2.24) is 29.9 Å². The second kappa shape index (κ2) is 27.2. The van der Waals surface area contributed by atoms with Crippen molar-refractivity contribution in [3.8, 4) is 0 Å². The van der Waals surface area contributed by atoms with E-state index in [2.05, 4.69) is 73.6 Å². The Hall–Kier alpha value is -3.82. The van der Waals surface area contributed by atoms with Crippen LogP contribution in [0, 0.1) is 11.8 Å². The molecule has 0 bridgehead atoms. The van der Waals surface area contributed by atoms with Crippen molar-refractivity contribution in [1.29, 1.82) is 0 Å². The number of ether oxygens (including phenoxy) is 4. The minimum Gasteiger partial charge on any atom is -0.461 e. The van der Waals surface area contributed by atoms with Gasteiger partial charge < -0.3 is 28.7 Å². The van der Waals surface area contributed by atoms with E-state index >= 15 is 0 Å². The fraction of sp³-hybridized carbons (Fsp3) is 0.689. The van der Waals surface area contributed by atoms with Crippen molar-refractivity contribution in [3.63, 3.8) is 0 Å². The zero-order chi connectivity index (χ0) is 44.9.